The number of nitrogens with one attached hydrogen (secondary N) is 1. The number of aromatic nitrogens is 1. The van der Waals surface area contributed by atoms with E-state index in [0.29, 0.717) is 17.5 Å². The van der Waals surface area contributed by atoms with Crippen molar-refractivity contribution >= 4 is 0 Å². The van der Waals surface area contributed by atoms with Crippen LogP contribution in [0.2, 0.25) is 0 Å². The van der Waals surface area contributed by atoms with Crippen molar-refractivity contribution in [3.05, 3.63) is 30.1 Å². The van der Waals surface area contributed by atoms with E-state index in [4.69, 9.17) is 0 Å². The molecule has 1 N–H and O–H groups in total. The molecule has 0 radical (unpaired) electrons. The van der Waals surface area contributed by atoms with Crippen molar-refractivity contribution in [2.45, 2.75) is 45.7 Å². The molecular weight excluding hydrogens is 184 g/mol. The zero-order chi connectivity index (χ0) is 10.9. The van der Waals surface area contributed by atoms with Crippen LogP contribution >= 0.6 is 0 Å². The number of pyridine rings is 1. The zero-order valence-corrected chi connectivity index (χ0v) is 9.83. The molecule has 0 bridgehead atoms. The third kappa shape index (κ3) is 2.37. The molecule has 0 saturated heterocycles. The number of hydrogen-bond donors (Lipinski definition) is 1. The minimum Gasteiger partial charge on any atom is -0.307 e. The fraction of sp³-hybridized carbons (Fsp3) is 0.615. The molecule has 0 aromatic carbocycles. The van der Waals surface area contributed by atoms with Crippen LogP contribution in [0, 0.1) is 5.41 Å². The van der Waals surface area contributed by atoms with E-state index in [1.807, 2.05) is 12.4 Å². The van der Waals surface area contributed by atoms with E-state index in [1.54, 1.807) is 0 Å². The lowest BCUT2D eigenvalue weighted by Crippen LogP contribution is -2.35. The van der Waals surface area contributed by atoms with Crippen molar-refractivity contribution in [1.29, 1.82) is 0 Å². The van der Waals surface area contributed by atoms with Crippen LogP contribution in [0.1, 0.15) is 45.2 Å². The van der Waals surface area contributed by atoms with E-state index in [-0.39, 0.29) is 0 Å². The second kappa shape index (κ2) is 3.93. The van der Waals surface area contributed by atoms with Crippen LogP contribution in [0.25, 0.3) is 0 Å². The van der Waals surface area contributed by atoms with Gasteiger partial charge in [-0.1, -0.05) is 6.92 Å². The standard InChI is InChI=1S/C13H20N2/c1-10(12-4-8-14-9-5-12)15-11(2)13(3)6-7-13/h4-5,8-11,15H,6-7H2,1-3H3/t10-,11?/m0/s1. The second-order valence-electron chi connectivity index (χ2n) is 5.04. The Bertz CT molecular complexity index is 317. The van der Waals surface area contributed by atoms with Gasteiger partial charge >= 0.3 is 0 Å². The van der Waals surface area contributed by atoms with Crippen molar-refractivity contribution in [1.82, 2.24) is 10.3 Å². The molecule has 1 unspecified atom stereocenters. The predicted octanol–water partition coefficient (Wildman–Crippen LogP) is 2.92. The fourth-order valence-electron chi connectivity index (χ4n) is 1.95. The Morgan fingerprint density at radius 2 is 1.87 bits per heavy atom. The first-order valence-electron chi connectivity index (χ1n) is 5.78. The normalized spacial score (nSPS) is 22.1. The van der Waals surface area contributed by atoms with Gasteiger partial charge in [-0.2, -0.15) is 0 Å². The largest absolute Gasteiger partial charge is 0.307 e. The predicted molar refractivity (Wildman–Crippen MR) is 62.6 cm³/mol. The molecule has 2 atom stereocenters. The highest BCUT2D eigenvalue weighted by atomic mass is 15.0. The van der Waals surface area contributed by atoms with Crippen molar-refractivity contribution in [3.63, 3.8) is 0 Å². The second-order valence-corrected chi connectivity index (χ2v) is 5.04. The first-order chi connectivity index (χ1) is 7.12. The molecule has 1 heterocycles. The summed E-state index contributed by atoms with van der Waals surface area (Å²) in [6, 6.07) is 5.18. The Kier molecular flexibility index (Phi) is 2.79. The smallest absolute Gasteiger partial charge is 0.0295 e. The molecule has 15 heavy (non-hydrogen) atoms. The minimum absolute atomic E-state index is 0.417. The van der Waals surface area contributed by atoms with Crippen LogP contribution in [-0.2, 0) is 0 Å². The van der Waals surface area contributed by atoms with E-state index >= 15 is 0 Å². The van der Waals surface area contributed by atoms with Crippen LogP contribution < -0.4 is 5.32 Å². The number of rotatable bonds is 4. The Balaban J connectivity index is 1.95. The van der Waals surface area contributed by atoms with Crippen LogP contribution in [-0.4, -0.2) is 11.0 Å². The van der Waals surface area contributed by atoms with Crippen molar-refractivity contribution in [2.24, 2.45) is 5.41 Å². The number of hydrogen-bond acceptors (Lipinski definition) is 2. The summed E-state index contributed by atoms with van der Waals surface area (Å²) in [5.74, 6) is 0. The van der Waals surface area contributed by atoms with Gasteiger partial charge in [0.1, 0.15) is 0 Å². The maximum atomic E-state index is 4.04. The molecule has 1 aliphatic carbocycles. The van der Waals surface area contributed by atoms with Gasteiger partial charge in [-0.25, -0.2) is 0 Å². The Morgan fingerprint density at radius 3 is 2.40 bits per heavy atom. The minimum atomic E-state index is 0.417. The highest BCUT2D eigenvalue weighted by Gasteiger charge is 2.42. The van der Waals surface area contributed by atoms with Gasteiger partial charge in [-0.05, 0) is 49.8 Å². The Labute approximate surface area is 92.1 Å². The molecule has 1 saturated carbocycles. The van der Waals surface area contributed by atoms with Gasteiger partial charge < -0.3 is 5.32 Å². The molecule has 2 rings (SSSR count). The highest BCUT2D eigenvalue weighted by Crippen LogP contribution is 2.48. The van der Waals surface area contributed by atoms with E-state index in [2.05, 4.69) is 43.2 Å². The molecule has 2 nitrogen and oxygen atoms in total. The monoisotopic (exact) mass is 204 g/mol. The van der Waals surface area contributed by atoms with Gasteiger partial charge in [-0.3, -0.25) is 4.98 Å². The van der Waals surface area contributed by atoms with E-state index in [0.717, 1.165) is 0 Å². The van der Waals surface area contributed by atoms with Crippen LogP contribution in [0.5, 0.6) is 0 Å². The maximum Gasteiger partial charge on any atom is 0.0295 e. The van der Waals surface area contributed by atoms with Gasteiger partial charge in [0, 0.05) is 24.5 Å². The van der Waals surface area contributed by atoms with Gasteiger partial charge in [0.15, 0.2) is 0 Å². The summed E-state index contributed by atoms with van der Waals surface area (Å²) in [7, 11) is 0. The summed E-state index contributed by atoms with van der Waals surface area (Å²) in [5, 5.41) is 3.67. The lowest BCUT2D eigenvalue weighted by Gasteiger charge is -2.25. The average molecular weight is 204 g/mol. The van der Waals surface area contributed by atoms with Gasteiger partial charge in [0.2, 0.25) is 0 Å². The topological polar surface area (TPSA) is 24.9 Å². The summed E-state index contributed by atoms with van der Waals surface area (Å²) in [4.78, 5) is 4.04. The molecule has 0 amide bonds. The Morgan fingerprint density at radius 1 is 1.27 bits per heavy atom. The van der Waals surface area contributed by atoms with Crippen molar-refractivity contribution in [2.75, 3.05) is 0 Å². The number of nitrogens with zero attached hydrogens (tertiary/aromatic N) is 1. The third-order valence-electron chi connectivity index (χ3n) is 3.79. The average Bonchev–Trinajstić information content (AvgIpc) is 2.99. The Hall–Kier alpha value is -0.890. The first kappa shape index (κ1) is 10.6. The summed E-state index contributed by atoms with van der Waals surface area (Å²) >= 11 is 0. The van der Waals surface area contributed by atoms with Crippen LogP contribution in [0.4, 0.5) is 0 Å². The van der Waals surface area contributed by atoms with Crippen molar-refractivity contribution < 1.29 is 0 Å². The van der Waals surface area contributed by atoms with Crippen LogP contribution in [0.3, 0.4) is 0 Å². The van der Waals surface area contributed by atoms with E-state index < -0.39 is 0 Å². The fourth-order valence-corrected chi connectivity index (χ4v) is 1.95. The molecule has 0 spiro atoms. The van der Waals surface area contributed by atoms with Gasteiger partial charge in [0.05, 0.1) is 0 Å². The third-order valence-corrected chi connectivity index (χ3v) is 3.79. The van der Waals surface area contributed by atoms with Gasteiger partial charge in [0.25, 0.3) is 0 Å². The molecule has 1 fully saturated rings. The molecule has 1 aromatic rings. The van der Waals surface area contributed by atoms with Crippen LogP contribution in [0.15, 0.2) is 24.5 Å². The first-order valence-corrected chi connectivity index (χ1v) is 5.78. The van der Waals surface area contributed by atoms with E-state index in [9.17, 15) is 0 Å². The SMILES string of the molecule is CC(N[C@@H](C)c1ccncc1)C1(C)CC1. The lowest BCUT2D eigenvalue weighted by atomic mass is 9.99. The molecule has 1 aromatic heterocycles. The molecular formula is C13H20N2. The van der Waals surface area contributed by atoms with Gasteiger partial charge in [-0.15, -0.1) is 0 Å². The summed E-state index contributed by atoms with van der Waals surface area (Å²) < 4.78 is 0. The lowest BCUT2D eigenvalue weighted by molar-refractivity contribution is 0.350. The maximum absolute atomic E-state index is 4.04. The highest BCUT2D eigenvalue weighted by molar-refractivity contribution is 5.14. The quantitative estimate of drug-likeness (QED) is 0.815. The van der Waals surface area contributed by atoms with E-state index in [1.165, 1.54) is 18.4 Å². The molecule has 2 heteroatoms. The molecule has 82 valence electrons. The summed E-state index contributed by atoms with van der Waals surface area (Å²) in [5.41, 5.74) is 1.86. The van der Waals surface area contributed by atoms with Crippen molar-refractivity contribution in [3.8, 4) is 0 Å². The summed E-state index contributed by atoms with van der Waals surface area (Å²) in [6.07, 6.45) is 6.45. The molecule has 0 aliphatic heterocycles. The molecule has 1 aliphatic rings. The summed E-state index contributed by atoms with van der Waals surface area (Å²) in [6.45, 7) is 6.88. The zero-order valence-electron chi connectivity index (χ0n) is 9.83.